The number of ether oxygens (including phenoxy) is 3. The molecule has 0 bridgehead atoms. The first-order valence-corrected chi connectivity index (χ1v) is 6.98. The molecule has 0 aromatic heterocycles. The predicted octanol–water partition coefficient (Wildman–Crippen LogP) is 2.64. The SMILES string of the molecule is COc1ccc(NC(=O)COC(=O)c2cccc(F)c2)c(OC)c1. The lowest BCUT2D eigenvalue weighted by atomic mass is 10.2. The highest BCUT2D eigenvalue weighted by Gasteiger charge is 2.13. The summed E-state index contributed by atoms with van der Waals surface area (Å²) in [5.74, 6) is -0.923. The molecule has 6 nitrogen and oxygen atoms in total. The third-order valence-corrected chi connectivity index (χ3v) is 3.08. The molecule has 0 aliphatic heterocycles. The molecule has 0 aliphatic carbocycles. The maximum Gasteiger partial charge on any atom is 0.338 e. The van der Waals surface area contributed by atoms with Crippen LogP contribution in [0.15, 0.2) is 42.5 Å². The lowest BCUT2D eigenvalue weighted by molar-refractivity contribution is -0.119. The lowest BCUT2D eigenvalue weighted by Gasteiger charge is -2.11. The summed E-state index contributed by atoms with van der Waals surface area (Å²) in [4.78, 5) is 23.6. The van der Waals surface area contributed by atoms with E-state index >= 15 is 0 Å². The van der Waals surface area contributed by atoms with Crippen molar-refractivity contribution in [3.63, 3.8) is 0 Å². The second-order valence-electron chi connectivity index (χ2n) is 4.70. The summed E-state index contributed by atoms with van der Waals surface area (Å²) in [7, 11) is 2.97. The Labute approximate surface area is 138 Å². The number of benzene rings is 2. The second-order valence-corrected chi connectivity index (χ2v) is 4.70. The van der Waals surface area contributed by atoms with Crippen LogP contribution in [-0.2, 0) is 9.53 Å². The van der Waals surface area contributed by atoms with Crippen molar-refractivity contribution in [2.75, 3.05) is 26.1 Å². The molecule has 0 heterocycles. The van der Waals surface area contributed by atoms with Gasteiger partial charge in [-0.1, -0.05) is 6.07 Å². The van der Waals surface area contributed by atoms with Gasteiger partial charge in [0, 0.05) is 6.07 Å². The maximum atomic E-state index is 13.0. The highest BCUT2D eigenvalue weighted by Crippen LogP contribution is 2.28. The normalized spacial score (nSPS) is 9.96. The van der Waals surface area contributed by atoms with E-state index < -0.39 is 24.3 Å². The molecule has 0 saturated heterocycles. The molecule has 0 aliphatic rings. The van der Waals surface area contributed by atoms with Crippen LogP contribution in [0, 0.1) is 5.82 Å². The summed E-state index contributed by atoms with van der Waals surface area (Å²) >= 11 is 0. The molecular weight excluding hydrogens is 317 g/mol. The van der Waals surface area contributed by atoms with Crippen LogP contribution in [0.5, 0.6) is 11.5 Å². The topological polar surface area (TPSA) is 73.9 Å². The van der Waals surface area contributed by atoms with Crippen LogP contribution in [0.3, 0.4) is 0 Å². The third-order valence-electron chi connectivity index (χ3n) is 3.08. The van der Waals surface area contributed by atoms with Crippen LogP contribution in [0.1, 0.15) is 10.4 Å². The second kappa shape index (κ2) is 7.96. The number of carbonyl (C=O) groups is 2. The Balaban J connectivity index is 1.95. The quantitative estimate of drug-likeness (QED) is 0.823. The first-order chi connectivity index (χ1) is 11.5. The Hall–Kier alpha value is -3.09. The van der Waals surface area contributed by atoms with E-state index in [9.17, 15) is 14.0 Å². The molecule has 2 aromatic carbocycles. The van der Waals surface area contributed by atoms with Gasteiger partial charge in [0.1, 0.15) is 17.3 Å². The standard InChI is InChI=1S/C17H16FNO5/c1-22-13-6-7-14(15(9-13)23-2)19-16(20)10-24-17(21)11-4-3-5-12(18)8-11/h3-9H,10H2,1-2H3,(H,19,20). The number of hydrogen-bond donors (Lipinski definition) is 1. The number of rotatable bonds is 6. The number of esters is 1. The minimum Gasteiger partial charge on any atom is -0.497 e. The van der Waals surface area contributed by atoms with Crippen molar-refractivity contribution >= 4 is 17.6 Å². The van der Waals surface area contributed by atoms with Crippen LogP contribution in [0.25, 0.3) is 0 Å². The van der Waals surface area contributed by atoms with Crippen LogP contribution in [0.2, 0.25) is 0 Å². The molecule has 1 amide bonds. The summed E-state index contributed by atoms with van der Waals surface area (Å²) in [5.41, 5.74) is 0.440. The smallest absolute Gasteiger partial charge is 0.338 e. The van der Waals surface area contributed by atoms with Crippen molar-refractivity contribution in [3.8, 4) is 11.5 Å². The van der Waals surface area contributed by atoms with E-state index in [4.69, 9.17) is 14.2 Å². The van der Waals surface area contributed by atoms with Gasteiger partial charge in [-0.05, 0) is 30.3 Å². The van der Waals surface area contributed by atoms with E-state index in [2.05, 4.69) is 5.32 Å². The minimum atomic E-state index is -0.786. The number of amides is 1. The van der Waals surface area contributed by atoms with Gasteiger partial charge < -0.3 is 19.5 Å². The third kappa shape index (κ3) is 4.45. The molecule has 24 heavy (non-hydrogen) atoms. The molecule has 2 aromatic rings. The van der Waals surface area contributed by atoms with Crippen LogP contribution in [-0.4, -0.2) is 32.7 Å². The maximum absolute atomic E-state index is 13.0. The van der Waals surface area contributed by atoms with E-state index in [0.717, 1.165) is 6.07 Å². The zero-order valence-corrected chi connectivity index (χ0v) is 13.2. The zero-order valence-electron chi connectivity index (χ0n) is 13.2. The summed E-state index contributed by atoms with van der Waals surface area (Å²) < 4.78 is 28.1. The van der Waals surface area contributed by atoms with Crippen molar-refractivity contribution in [1.29, 1.82) is 0 Å². The Bertz CT molecular complexity index is 748. The summed E-state index contributed by atoms with van der Waals surface area (Å²) in [6, 6.07) is 9.88. The zero-order chi connectivity index (χ0) is 17.5. The van der Waals surface area contributed by atoms with Gasteiger partial charge in [-0.15, -0.1) is 0 Å². The fraction of sp³-hybridized carbons (Fsp3) is 0.176. The monoisotopic (exact) mass is 333 g/mol. The molecule has 2 rings (SSSR count). The van der Waals surface area contributed by atoms with E-state index in [0.29, 0.717) is 17.2 Å². The molecule has 1 N–H and O–H groups in total. The van der Waals surface area contributed by atoms with Gasteiger partial charge in [0.05, 0.1) is 25.5 Å². The van der Waals surface area contributed by atoms with Crippen molar-refractivity contribution in [2.24, 2.45) is 0 Å². The van der Waals surface area contributed by atoms with Crippen LogP contribution < -0.4 is 14.8 Å². The number of anilines is 1. The van der Waals surface area contributed by atoms with E-state index in [1.54, 1.807) is 18.2 Å². The molecule has 0 saturated carbocycles. The molecule has 126 valence electrons. The Morgan fingerprint density at radius 2 is 1.88 bits per heavy atom. The number of carbonyl (C=O) groups excluding carboxylic acids is 2. The molecule has 0 fully saturated rings. The summed E-state index contributed by atoms with van der Waals surface area (Å²) in [6.45, 7) is -0.509. The number of halogens is 1. The first-order valence-electron chi connectivity index (χ1n) is 6.98. The average molecular weight is 333 g/mol. The van der Waals surface area contributed by atoms with Crippen molar-refractivity contribution in [3.05, 3.63) is 53.8 Å². The van der Waals surface area contributed by atoms with E-state index in [1.807, 2.05) is 0 Å². The minimum absolute atomic E-state index is 0.0322. The Morgan fingerprint density at radius 1 is 1.08 bits per heavy atom. The highest BCUT2D eigenvalue weighted by molar-refractivity contribution is 5.96. The van der Waals surface area contributed by atoms with Crippen LogP contribution >= 0.6 is 0 Å². The van der Waals surface area contributed by atoms with Crippen LogP contribution in [0.4, 0.5) is 10.1 Å². The first kappa shape index (κ1) is 17.3. The van der Waals surface area contributed by atoms with E-state index in [-0.39, 0.29) is 5.56 Å². The summed E-state index contributed by atoms with van der Waals surface area (Å²) in [6.07, 6.45) is 0. The summed E-state index contributed by atoms with van der Waals surface area (Å²) in [5, 5.41) is 2.56. The number of methoxy groups -OCH3 is 2. The van der Waals surface area contributed by atoms with Crippen molar-refractivity contribution < 1.29 is 28.2 Å². The van der Waals surface area contributed by atoms with Gasteiger partial charge in [-0.3, -0.25) is 4.79 Å². The molecule has 0 unspecified atom stereocenters. The van der Waals surface area contributed by atoms with Gasteiger partial charge in [0.15, 0.2) is 6.61 Å². The molecular formula is C17H16FNO5. The fourth-order valence-corrected chi connectivity index (χ4v) is 1.92. The van der Waals surface area contributed by atoms with Gasteiger partial charge in [0.25, 0.3) is 5.91 Å². The lowest BCUT2D eigenvalue weighted by Crippen LogP contribution is -2.21. The predicted molar refractivity (Wildman–Crippen MR) is 84.9 cm³/mol. The van der Waals surface area contributed by atoms with Gasteiger partial charge >= 0.3 is 5.97 Å². The molecule has 0 spiro atoms. The van der Waals surface area contributed by atoms with Gasteiger partial charge in [-0.2, -0.15) is 0 Å². The van der Waals surface area contributed by atoms with Crippen molar-refractivity contribution in [1.82, 2.24) is 0 Å². The van der Waals surface area contributed by atoms with Gasteiger partial charge in [0.2, 0.25) is 0 Å². The fourth-order valence-electron chi connectivity index (χ4n) is 1.92. The number of hydrogen-bond acceptors (Lipinski definition) is 5. The average Bonchev–Trinajstić information content (AvgIpc) is 2.60. The Morgan fingerprint density at radius 3 is 2.54 bits per heavy atom. The highest BCUT2D eigenvalue weighted by atomic mass is 19.1. The van der Waals surface area contributed by atoms with E-state index in [1.165, 1.54) is 32.4 Å². The van der Waals surface area contributed by atoms with Crippen molar-refractivity contribution in [2.45, 2.75) is 0 Å². The molecule has 0 atom stereocenters. The molecule has 7 heteroatoms. The largest absolute Gasteiger partial charge is 0.497 e. The van der Waals surface area contributed by atoms with Gasteiger partial charge in [-0.25, -0.2) is 9.18 Å². The Kier molecular flexibility index (Phi) is 5.73. The number of nitrogens with one attached hydrogen (secondary N) is 1. The molecule has 0 radical (unpaired) electrons.